The molecule has 1 aromatic carbocycles. The summed E-state index contributed by atoms with van der Waals surface area (Å²) in [5, 5.41) is 2.49. The Bertz CT molecular complexity index is 735. The van der Waals surface area contributed by atoms with Crippen molar-refractivity contribution in [2.75, 3.05) is 13.7 Å². The van der Waals surface area contributed by atoms with Crippen LogP contribution in [0.1, 0.15) is 23.7 Å². The molecule has 25 heavy (non-hydrogen) atoms. The molecular formula is C16H15F4NO4. The highest BCUT2D eigenvalue weighted by Gasteiger charge is 2.37. The molecule has 1 saturated carbocycles. The monoisotopic (exact) mass is 361 g/mol. The summed E-state index contributed by atoms with van der Waals surface area (Å²) in [7, 11) is 0.896. The molecule has 0 heterocycles. The number of alkyl halides is 1. The van der Waals surface area contributed by atoms with Crippen LogP contribution in [0.3, 0.4) is 0 Å². The first-order chi connectivity index (χ1) is 11.8. The molecule has 136 valence electrons. The Hall–Kier alpha value is -2.58. The van der Waals surface area contributed by atoms with Crippen LogP contribution in [0.5, 0.6) is 5.75 Å². The number of carbonyl (C=O) groups excluding carboxylic acids is 2. The van der Waals surface area contributed by atoms with Gasteiger partial charge in [-0.15, -0.1) is 0 Å². The summed E-state index contributed by atoms with van der Waals surface area (Å²) in [6.07, 6.45) is -0.0544. The van der Waals surface area contributed by atoms with E-state index in [0.717, 1.165) is 13.3 Å². The number of rotatable bonds is 7. The Morgan fingerprint density at radius 1 is 1.32 bits per heavy atom. The van der Waals surface area contributed by atoms with Gasteiger partial charge in [0.05, 0.1) is 25.3 Å². The molecule has 0 spiro atoms. The first-order valence-corrected chi connectivity index (χ1v) is 7.35. The summed E-state index contributed by atoms with van der Waals surface area (Å²) < 4.78 is 63.3. The lowest BCUT2D eigenvalue weighted by Gasteiger charge is -2.11. The third-order valence-electron chi connectivity index (χ3n) is 3.46. The summed E-state index contributed by atoms with van der Waals surface area (Å²) in [5.74, 6) is -8.05. The molecule has 0 aromatic heterocycles. The van der Waals surface area contributed by atoms with E-state index in [1.54, 1.807) is 0 Å². The summed E-state index contributed by atoms with van der Waals surface area (Å²) >= 11 is 0. The van der Waals surface area contributed by atoms with Gasteiger partial charge in [-0.05, 0) is 13.0 Å². The zero-order valence-corrected chi connectivity index (χ0v) is 13.4. The minimum atomic E-state index is -1.60. The molecule has 0 saturated heterocycles. The number of methoxy groups -OCH3 is 1. The van der Waals surface area contributed by atoms with Gasteiger partial charge in [-0.3, -0.25) is 4.79 Å². The second-order valence-corrected chi connectivity index (χ2v) is 5.20. The molecule has 1 fully saturated rings. The number of ketones is 1. The highest BCUT2D eigenvalue weighted by molar-refractivity contribution is 6.24. The Morgan fingerprint density at radius 3 is 2.48 bits per heavy atom. The van der Waals surface area contributed by atoms with Gasteiger partial charge in [-0.25, -0.2) is 18.0 Å². The smallest absolute Gasteiger partial charge is 0.343 e. The number of carbonyl (C=O) groups is 2. The predicted octanol–water partition coefficient (Wildman–Crippen LogP) is 2.44. The van der Waals surface area contributed by atoms with Crippen LogP contribution in [0.4, 0.5) is 17.6 Å². The molecule has 0 aliphatic heterocycles. The second-order valence-electron chi connectivity index (χ2n) is 5.20. The molecule has 0 bridgehead atoms. The van der Waals surface area contributed by atoms with Crippen molar-refractivity contribution in [3.8, 4) is 5.75 Å². The molecule has 1 N–H and O–H groups in total. The number of Topliss-reactive ketones (excluding diaryl/α,β-unsaturated/α-hetero) is 1. The van der Waals surface area contributed by atoms with Crippen LogP contribution < -0.4 is 10.1 Å². The minimum absolute atomic E-state index is 0.0812. The molecule has 2 atom stereocenters. The van der Waals surface area contributed by atoms with Crippen LogP contribution in [0.15, 0.2) is 17.8 Å². The first-order valence-electron chi connectivity index (χ1n) is 7.35. The van der Waals surface area contributed by atoms with Crippen molar-refractivity contribution >= 4 is 11.8 Å². The predicted molar refractivity (Wildman–Crippen MR) is 78.4 cm³/mol. The number of nitrogens with one attached hydrogen (secondary N) is 1. The van der Waals surface area contributed by atoms with Crippen molar-refractivity contribution in [2.45, 2.75) is 25.6 Å². The molecule has 1 unspecified atom stereocenters. The summed E-state index contributed by atoms with van der Waals surface area (Å²) in [5.41, 5.74) is -1.59. The summed E-state index contributed by atoms with van der Waals surface area (Å²) in [6.45, 7) is 1.40. The van der Waals surface area contributed by atoms with Crippen molar-refractivity contribution in [3.05, 3.63) is 40.9 Å². The normalized spacial score (nSPS) is 19.4. The van der Waals surface area contributed by atoms with Crippen LogP contribution in [-0.2, 0) is 9.53 Å². The van der Waals surface area contributed by atoms with Crippen molar-refractivity contribution in [1.82, 2.24) is 5.32 Å². The molecular weight excluding hydrogens is 346 g/mol. The van der Waals surface area contributed by atoms with E-state index in [4.69, 9.17) is 4.74 Å². The fourth-order valence-corrected chi connectivity index (χ4v) is 2.02. The Morgan fingerprint density at radius 2 is 1.96 bits per heavy atom. The molecule has 2 rings (SSSR count). The second kappa shape index (κ2) is 7.54. The van der Waals surface area contributed by atoms with Crippen LogP contribution in [0.25, 0.3) is 0 Å². The Labute approximate surface area is 140 Å². The Balaban J connectivity index is 2.42. The van der Waals surface area contributed by atoms with Gasteiger partial charge in [-0.1, -0.05) is 0 Å². The van der Waals surface area contributed by atoms with E-state index >= 15 is 0 Å². The molecule has 0 radical (unpaired) electrons. The third kappa shape index (κ3) is 3.92. The van der Waals surface area contributed by atoms with E-state index in [-0.39, 0.29) is 13.0 Å². The van der Waals surface area contributed by atoms with Gasteiger partial charge < -0.3 is 14.8 Å². The lowest BCUT2D eigenvalue weighted by atomic mass is 10.0. The summed E-state index contributed by atoms with van der Waals surface area (Å²) in [4.78, 5) is 24.4. The number of ether oxygens (including phenoxy) is 2. The van der Waals surface area contributed by atoms with Gasteiger partial charge in [0.15, 0.2) is 17.4 Å². The molecule has 1 aliphatic rings. The lowest BCUT2D eigenvalue weighted by Crippen LogP contribution is -2.22. The van der Waals surface area contributed by atoms with Crippen LogP contribution in [-0.4, -0.2) is 37.7 Å². The third-order valence-corrected chi connectivity index (χ3v) is 3.46. The van der Waals surface area contributed by atoms with Gasteiger partial charge in [0.25, 0.3) is 0 Å². The highest BCUT2D eigenvalue weighted by Crippen LogP contribution is 2.29. The van der Waals surface area contributed by atoms with E-state index in [1.807, 2.05) is 0 Å². The van der Waals surface area contributed by atoms with E-state index in [1.165, 1.54) is 6.92 Å². The molecule has 1 aromatic rings. The SMILES string of the molecule is CCOC(=O)C(=CNC1C[C@H]1F)C(=O)c1cc(F)c(F)c(OC)c1F. The standard InChI is InChI=1S/C16H15F4NO4/c1-3-25-16(23)8(6-21-11-5-9(11)17)14(22)7-4-10(18)13(20)15(24-2)12(7)19/h4,6,9,11,21H,3,5H2,1-2H3/t9-,11?/m1/s1. The molecule has 0 amide bonds. The summed E-state index contributed by atoms with van der Waals surface area (Å²) in [6, 6.07) is -0.265. The van der Waals surface area contributed by atoms with Crippen molar-refractivity contribution < 1.29 is 36.6 Å². The lowest BCUT2D eigenvalue weighted by molar-refractivity contribution is -0.138. The Kier molecular flexibility index (Phi) is 5.66. The maximum Gasteiger partial charge on any atom is 0.343 e. The van der Waals surface area contributed by atoms with Crippen LogP contribution in [0.2, 0.25) is 0 Å². The number of benzene rings is 1. The van der Waals surface area contributed by atoms with Crippen LogP contribution in [0, 0.1) is 17.5 Å². The van der Waals surface area contributed by atoms with Gasteiger partial charge >= 0.3 is 5.97 Å². The fraction of sp³-hybridized carbons (Fsp3) is 0.375. The average Bonchev–Trinajstić information content (AvgIpc) is 3.27. The topological polar surface area (TPSA) is 64.6 Å². The number of esters is 1. The maximum absolute atomic E-state index is 14.2. The number of halogens is 4. The van der Waals surface area contributed by atoms with Gasteiger partial charge in [-0.2, -0.15) is 4.39 Å². The van der Waals surface area contributed by atoms with Gasteiger partial charge in [0, 0.05) is 12.6 Å². The van der Waals surface area contributed by atoms with E-state index in [2.05, 4.69) is 10.1 Å². The van der Waals surface area contributed by atoms with Crippen molar-refractivity contribution in [3.63, 3.8) is 0 Å². The van der Waals surface area contributed by atoms with Gasteiger partial charge in [0.1, 0.15) is 11.7 Å². The van der Waals surface area contributed by atoms with Crippen molar-refractivity contribution in [1.29, 1.82) is 0 Å². The maximum atomic E-state index is 14.2. The average molecular weight is 361 g/mol. The zero-order chi connectivity index (χ0) is 18.7. The zero-order valence-electron chi connectivity index (χ0n) is 13.4. The fourth-order valence-electron chi connectivity index (χ4n) is 2.02. The quantitative estimate of drug-likeness (QED) is 0.154. The molecule has 9 heteroatoms. The van der Waals surface area contributed by atoms with Gasteiger partial charge in [0.2, 0.25) is 11.6 Å². The molecule has 1 aliphatic carbocycles. The highest BCUT2D eigenvalue weighted by atomic mass is 19.2. The van der Waals surface area contributed by atoms with Crippen LogP contribution >= 0.6 is 0 Å². The van der Waals surface area contributed by atoms with E-state index < -0.39 is 58.3 Å². The largest absolute Gasteiger partial charge is 0.491 e. The van der Waals surface area contributed by atoms with E-state index in [0.29, 0.717) is 6.07 Å². The molecule has 5 nitrogen and oxygen atoms in total. The van der Waals surface area contributed by atoms with Crippen molar-refractivity contribution in [2.24, 2.45) is 0 Å². The van der Waals surface area contributed by atoms with E-state index in [9.17, 15) is 27.2 Å². The minimum Gasteiger partial charge on any atom is -0.491 e. The number of hydrogen-bond donors (Lipinski definition) is 1. The number of hydrogen-bond acceptors (Lipinski definition) is 5. The first kappa shape index (κ1) is 18.8.